The number of carbonyl (C=O) groups is 3. The monoisotopic (exact) mass is 521 g/mol. The van der Waals surface area contributed by atoms with Crippen molar-refractivity contribution in [2.45, 2.75) is 84.4 Å². The number of ether oxygens (including phenoxy) is 1. The van der Waals surface area contributed by atoms with E-state index in [0.29, 0.717) is 5.96 Å². The smallest absolute Gasteiger partial charge is 0.262 e. The van der Waals surface area contributed by atoms with Gasteiger partial charge in [-0.05, 0) is 81.2 Å². The maximum atomic E-state index is 14.2. The van der Waals surface area contributed by atoms with Crippen molar-refractivity contribution >= 4 is 25.4 Å². The molecule has 1 unspecified atom stereocenters. The van der Waals surface area contributed by atoms with E-state index in [1.54, 1.807) is 12.0 Å². The van der Waals surface area contributed by atoms with Crippen molar-refractivity contribution in [3.8, 4) is 11.1 Å². The highest BCUT2D eigenvalue weighted by Crippen LogP contribution is 2.62. The zero-order valence-corrected chi connectivity index (χ0v) is 23.8. The van der Waals surface area contributed by atoms with Gasteiger partial charge in [0.05, 0.1) is 6.10 Å². The van der Waals surface area contributed by atoms with Crippen LogP contribution in [0.25, 0.3) is 11.1 Å². The number of amides is 1. The molecule has 7 heteroatoms. The van der Waals surface area contributed by atoms with Crippen molar-refractivity contribution in [2.24, 2.45) is 16.1 Å². The van der Waals surface area contributed by atoms with Gasteiger partial charge in [0.15, 0.2) is 11.5 Å². The Labute approximate surface area is 227 Å². The molecule has 38 heavy (non-hydrogen) atoms. The van der Waals surface area contributed by atoms with Crippen LogP contribution >= 0.6 is 0 Å². The van der Waals surface area contributed by atoms with Crippen LogP contribution in [0.4, 0.5) is 0 Å². The molecule has 1 amide bonds. The van der Waals surface area contributed by atoms with E-state index in [1.807, 2.05) is 41.3 Å². The number of aryl methyl sites for hydroxylation is 1. The van der Waals surface area contributed by atoms with Crippen LogP contribution in [0.3, 0.4) is 0 Å². The Balaban J connectivity index is 0.000000791. The zero-order valence-electron chi connectivity index (χ0n) is 23.8. The summed E-state index contributed by atoms with van der Waals surface area (Å²) in [6.07, 6.45) is 4.83. The van der Waals surface area contributed by atoms with Crippen molar-refractivity contribution in [3.63, 3.8) is 0 Å². The van der Waals surface area contributed by atoms with Crippen LogP contribution in [0.5, 0.6) is 0 Å². The summed E-state index contributed by atoms with van der Waals surface area (Å²) in [6, 6.07) is 15.1. The second-order valence-corrected chi connectivity index (χ2v) is 10.1. The van der Waals surface area contributed by atoms with Gasteiger partial charge in [0.1, 0.15) is 13.6 Å². The van der Waals surface area contributed by atoms with Crippen LogP contribution in [-0.2, 0) is 31.1 Å². The van der Waals surface area contributed by atoms with E-state index < -0.39 is 5.54 Å². The van der Waals surface area contributed by atoms with Crippen molar-refractivity contribution in [1.82, 2.24) is 4.90 Å². The summed E-state index contributed by atoms with van der Waals surface area (Å²) in [5.74, 6) is 0.396. The Morgan fingerprint density at radius 3 is 2.16 bits per heavy atom. The SMILES string of the molecule is C=O.C=O.CC.COC1CCC2(CC1)Cc1ccc(-c3cccc(C)c3)cc1C21N=C(N)N(C(C)C)C1=O. The Morgan fingerprint density at radius 2 is 1.63 bits per heavy atom. The number of rotatable bonds is 3. The van der Waals surface area contributed by atoms with Gasteiger partial charge in [-0.1, -0.05) is 55.8 Å². The molecule has 3 aliphatic rings. The summed E-state index contributed by atoms with van der Waals surface area (Å²) in [6.45, 7) is 14.1. The molecule has 2 N–H and O–H groups in total. The van der Waals surface area contributed by atoms with Crippen LogP contribution in [0.1, 0.15) is 70.1 Å². The molecule has 1 fully saturated rings. The topological polar surface area (TPSA) is 102 Å². The van der Waals surface area contributed by atoms with Gasteiger partial charge in [-0.15, -0.1) is 0 Å². The first-order valence-corrected chi connectivity index (χ1v) is 13.3. The molecule has 2 spiro atoms. The molecule has 1 aliphatic heterocycles. The number of hydrogen-bond acceptors (Lipinski definition) is 6. The van der Waals surface area contributed by atoms with Gasteiger partial charge < -0.3 is 20.1 Å². The maximum Gasteiger partial charge on any atom is 0.262 e. The molecule has 1 saturated carbocycles. The number of nitrogens with two attached hydrogens (primary N) is 1. The predicted molar refractivity (Wildman–Crippen MR) is 153 cm³/mol. The largest absolute Gasteiger partial charge is 0.381 e. The molecule has 1 heterocycles. The summed E-state index contributed by atoms with van der Waals surface area (Å²) < 4.78 is 5.66. The molecule has 5 rings (SSSR count). The lowest BCUT2D eigenvalue weighted by atomic mass is 9.61. The van der Waals surface area contributed by atoms with Crippen LogP contribution in [-0.4, -0.2) is 49.6 Å². The number of fused-ring (bicyclic) bond motifs is 3. The molecule has 7 nitrogen and oxygen atoms in total. The Hall–Kier alpha value is -3.32. The van der Waals surface area contributed by atoms with Crippen molar-refractivity contribution in [1.29, 1.82) is 0 Å². The normalized spacial score (nSPS) is 25.0. The van der Waals surface area contributed by atoms with E-state index in [9.17, 15) is 4.79 Å². The molecule has 1 atom stereocenters. The summed E-state index contributed by atoms with van der Waals surface area (Å²) in [4.78, 5) is 36.9. The van der Waals surface area contributed by atoms with E-state index in [1.165, 1.54) is 11.1 Å². The molecule has 0 saturated heterocycles. The van der Waals surface area contributed by atoms with Gasteiger partial charge in [-0.3, -0.25) is 9.69 Å². The number of aliphatic imine (C=N–C) groups is 1. The van der Waals surface area contributed by atoms with Crippen LogP contribution in [0.2, 0.25) is 0 Å². The fourth-order valence-electron chi connectivity index (χ4n) is 6.34. The van der Waals surface area contributed by atoms with E-state index in [0.717, 1.165) is 48.8 Å². The van der Waals surface area contributed by atoms with Crippen LogP contribution in [0.15, 0.2) is 47.5 Å². The third-order valence-electron chi connectivity index (χ3n) is 7.94. The highest BCUT2D eigenvalue weighted by atomic mass is 16.5. The summed E-state index contributed by atoms with van der Waals surface area (Å²) in [7, 11) is 1.79. The molecule has 2 aliphatic carbocycles. The summed E-state index contributed by atoms with van der Waals surface area (Å²) >= 11 is 0. The minimum atomic E-state index is -0.935. The summed E-state index contributed by atoms with van der Waals surface area (Å²) in [5.41, 5.74) is 11.0. The van der Waals surface area contributed by atoms with Gasteiger partial charge in [-0.25, -0.2) is 4.99 Å². The molecule has 0 bridgehead atoms. The second kappa shape index (κ2) is 13.0. The van der Waals surface area contributed by atoms with Crippen molar-refractivity contribution in [3.05, 3.63) is 59.2 Å². The Morgan fingerprint density at radius 1 is 1.03 bits per heavy atom. The average Bonchev–Trinajstić information content (AvgIpc) is 3.37. The standard InChI is InChI=1S/C27H33N3O2.C2H6.2CH2O/c1-17(2)30-24(31)27(29-25(30)28)23-15-20(19-7-5-6-18(3)14-19)8-9-21(23)16-26(27)12-10-22(32-4)11-13-26;3*1-2/h5-9,14-15,17,22H,10-13,16H2,1-4H3,(H2,28,29);1-2H3;2*1H2. The van der Waals surface area contributed by atoms with Crippen molar-refractivity contribution in [2.75, 3.05) is 7.11 Å². The molecule has 0 radical (unpaired) electrons. The first-order valence-electron chi connectivity index (χ1n) is 13.3. The lowest BCUT2D eigenvalue weighted by Gasteiger charge is -2.45. The average molecular weight is 522 g/mol. The first kappa shape index (κ1) is 30.9. The second-order valence-electron chi connectivity index (χ2n) is 10.1. The minimum absolute atomic E-state index is 0.0259. The van der Waals surface area contributed by atoms with Gasteiger partial charge in [0, 0.05) is 18.6 Å². The lowest BCUT2D eigenvalue weighted by molar-refractivity contribution is -0.139. The van der Waals surface area contributed by atoms with Gasteiger partial charge >= 0.3 is 0 Å². The molecule has 0 aromatic heterocycles. The fraction of sp³-hybridized carbons (Fsp3) is 0.484. The van der Waals surface area contributed by atoms with Crippen LogP contribution < -0.4 is 5.73 Å². The lowest BCUT2D eigenvalue weighted by Crippen LogP contribution is -2.53. The predicted octanol–water partition coefficient (Wildman–Crippen LogP) is 5.21. The van der Waals surface area contributed by atoms with Crippen LogP contribution in [0, 0.1) is 12.3 Å². The minimum Gasteiger partial charge on any atom is -0.381 e. The van der Waals surface area contributed by atoms with E-state index >= 15 is 0 Å². The number of nitrogens with zero attached hydrogens (tertiary/aromatic N) is 2. The van der Waals surface area contributed by atoms with Gasteiger partial charge in [0.25, 0.3) is 5.91 Å². The highest BCUT2D eigenvalue weighted by molar-refractivity contribution is 6.08. The number of carbonyl (C=O) groups excluding carboxylic acids is 3. The number of methoxy groups -OCH3 is 1. The number of hydrogen-bond donors (Lipinski definition) is 1. The molecule has 2 aromatic carbocycles. The Bertz CT molecular complexity index is 1140. The molecule has 2 aromatic rings. The maximum absolute atomic E-state index is 14.2. The zero-order chi connectivity index (χ0) is 28.7. The van der Waals surface area contributed by atoms with Gasteiger partial charge in [-0.2, -0.15) is 0 Å². The Kier molecular flexibility index (Phi) is 10.5. The highest BCUT2D eigenvalue weighted by Gasteiger charge is 2.66. The number of guanidine groups is 1. The third-order valence-corrected chi connectivity index (χ3v) is 7.94. The molecule has 206 valence electrons. The molecular weight excluding hydrogens is 478 g/mol. The van der Waals surface area contributed by atoms with E-state index in [2.05, 4.69) is 49.4 Å². The van der Waals surface area contributed by atoms with Crippen molar-refractivity contribution < 1.29 is 19.1 Å². The van der Waals surface area contributed by atoms with E-state index in [4.69, 9.17) is 25.1 Å². The fourth-order valence-corrected chi connectivity index (χ4v) is 6.34. The third kappa shape index (κ3) is 5.04. The quantitative estimate of drug-likeness (QED) is 0.597. The van der Waals surface area contributed by atoms with Gasteiger partial charge in [0.2, 0.25) is 0 Å². The molecular formula is C31H43N3O4. The number of benzene rings is 2. The summed E-state index contributed by atoms with van der Waals surface area (Å²) in [5, 5.41) is 0. The first-order chi connectivity index (χ1) is 18.3. The van der Waals surface area contributed by atoms with E-state index in [-0.39, 0.29) is 23.5 Å².